The van der Waals surface area contributed by atoms with Crippen LogP contribution < -0.4 is 4.90 Å². The van der Waals surface area contributed by atoms with Gasteiger partial charge < -0.3 is 13.9 Å². The average molecular weight is 578 g/mol. The quantitative estimate of drug-likeness (QED) is 0.204. The lowest BCUT2D eigenvalue weighted by atomic mass is 10.1. The molecule has 9 rings (SSSR count). The Labute approximate surface area is 260 Å². The zero-order chi connectivity index (χ0) is 29.7. The van der Waals surface area contributed by atoms with Crippen LogP contribution in [0.4, 0.5) is 17.1 Å². The van der Waals surface area contributed by atoms with Gasteiger partial charge in [-0.3, -0.25) is 0 Å². The van der Waals surface area contributed by atoms with Gasteiger partial charge in [-0.15, -0.1) is 0 Å². The highest BCUT2D eigenvalue weighted by molar-refractivity contribution is 6.11. The number of fused-ring (bicyclic) bond motifs is 6. The largest absolute Gasteiger partial charge is 0.436 e. The average Bonchev–Trinajstić information content (AvgIpc) is 3.69. The summed E-state index contributed by atoms with van der Waals surface area (Å²) in [6.07, 6.45) is 0. The van der Waals surface area contributed by atoms with Crippen molar-refractivity contribution in [1.82, 2.24) is 9.55 Å². The molecule has 0 aliphatic heterocycles. The van der Waals surface area contributed by atoms with Gasteiger partial charge in [0, 0.05) is 44.5 Å². The van der Waals surface area contributed by atoms with E-state index in [4.69, 9.17) is 9.40 Å². The maximum absolute atomic E-state index is 6.17. The number of rotatable bonds is 5. The number of nitrogens with zero attached hydrogens (tertiary/aromatic N) is 3. The Bertz CT molecular complexity index is 2480. The number of hydrogen-bond donors (Lipinski definition) is 0. The first-order chi connectivity index (χ1) is 22.3. The number of aromatic nitrogens is 2. The van der Waals surface area contributed by atoms with Gasteiger partial charge in [0.05, 0.1) is 11.0 Å². The summed E-state index contributed by atoms with van der Waals surface area (Å²) < 4.78 is 8.53. The molecule has 4 nitrogen and oxygen atoms in total. The zero-order valence-electron chi connectivity index (χ0n) is 24.3. The second kappa shape index (κ2) is 10.2. The summed E-state index contributed by atoms with van der Waals surface area (Å²) in [6, 6.07) is 57.4. The van der Waals surface area contributed by atoms with Crippen molar-refractivity contribution >= 4 is 60.7 Å². The molecule has 9 aromatic rings. The van der Waals surface area contributed by atoms with Gasteiger partial charge in [-0.05, 0) is 84.2 Å². The van der Waals surface area contributed by atoms with E-state index in [2.05, 4.69) is 137 Å². The van der Waals surface area contributed by atoms with E-state index < -0.39 is 0 Å². The van der Waals surface area contributed by atoms with Gasteiger partial charge in [-0.2, -0.15) is 0 Å². The topological polar surface area (TPSA) is 34.2 Å². The van der Waals surface area contributed by atoms with Crippen LogP contribution in [0.25, 0.3) is 60.8 Å². The van der Waals surface area contributed by atoms with Crippen LogP contribution in [0.5, 0.6) is 0 Å². The first-order valence-electron chi connectivity index (χ1n) is 15.1. The van der Waals surface area contributed by atoms with E-state index in [1.54, 1.807) is 0 Å². The molecule has 0 unspecified atom stereocenters. The molecule has 0 saturated heterocycles. The first-order valence-corrected chi connectivity index (χ1v) is 15.1. The minimum atomic E-state index is 0.634. The molecule has 0 atom stereocenters. The van der Waals surface area contributed by atoms with Crippen molar-refractivity contribution in [1.29, 1.82) is 0 Å². The van der Waals surface area contributed by atoms with E-state index in [0.717, 1.165) is 50.2 Å². The molecule has 0 fully saturated rings. The van der Waals surface area contributed by atoms with Gasteiger partial charge in [0.25, 0.3) is 0 Å². The normalized spacial score (nSPS) is 11.6. The second-order valence-electron chi connectivity index (χ2n) is 11.3. The standard InChI is InChI=1S/C41H27N3O/c1-4-12-28(13-5-1)41-42-40-34-23-21-32(26-29(34)20-25-39(40)45-41)43(30-14-6-2-7-15-30)33-22-24-36-35-18-10-11-19-37(35)44(38(36)27-33)31-16-8-3-9-17-31/h1-27H. The van der Waals surface area contributed by atoms with Crippen molar-refractivity contribution < 1.29 is 4.42 Å². The third-order valence-corrected chi connectivity index (χ3v) is 8.58. The van der Waals surface area contributed by atoms with Crippen LogP contribution in [0.15, 0.2) is 168 Å². The molecule has 0 radical (unpaired) electrons. The highest BCUT2D eigenvalue weighted by Gasteiger charge is 2.18. The Balaban J connectivity index is 1.23. The van der Waals surface area contributed by atoms with Crippen LogP contribution in [0.2, 0.25) is 0 Å². The molecule has 2 heterocycles. The van der Waals surface area contributed by atoms with Crippen molar-refractivity contribution in [3.8, 4) is 17.1 Å². The van der Waals surface area contributed by atoms with Gasteiger partial charge in [0.1, 0.15) is 5.52 Å². The van der Waals surface area contributed by atoms with E-state index >= 15 is 0 Å². The number of oxazole rings is 1. The third-order valence-electron chi connectivity index (χ3n) is 8.58. The molecule has 0 N–H and O–H groups in total. The van der Waals surface area contributed by atoms with E-state index in [9.17, 15) is 0 Å². The summed E-state index contributed by atoms with van der Waals surface area (Å²) in [4.78, 5) is 7.24. The van der Waals surface area contributed by atoms with Gasteiger partial charge >= 0.3 is 0 Å². The van der Waals surface area contributed by atoms with Crippen LogP contribution in [-0.4, -0.2) is 9.55 Å². The van der Waals surface area contributed by atoms with Gasteiger partial charge in [0.2, 0.25) is 5.89 Å². The number of benzene rings is 7. The van der Waals surface area contributed by atoms with Crippen molar-refractivity contribution in [2.75, 3.05) is 4.90 Å². The van der Waals surface area contributed by atoms with Gasteiger partial charge in [0.15, 0.2) is 5.58 Å². The minimum Gasteiger partial charge on any atom is -0.436 e. The van der Waals surface area contributed by atoms with Crippen LogP contribution in [0, 0.1) is 0 Å². The summed E-state index contributed by atoms with van der Waals surface area (Å²) in [7, 11) is 0. The lowest BCUT2D eigenvalue weighted by Crippen LogP contribution is -2.10. The maximum atomic E-state index is 6.17. The fourth-order valence-electron chi connectivity index (χ4n) is 6.53. The zero-order valence-corrected chi connectivity index (χ0v) is 24.3. The summed E-state index contributed by atoms with van der Waals surface area (Å²) in [6.45, 7) is 0. The molecule has 45 heavy (non-hydrogen) atoms. The SMILES string of the molecule is c1ccc(-c2nc3c(ccc4cc(N(c5ccccc5)c5ccc6c7ccccc7n(-c7ccccc7)c6c5)ccc43)o2)cc1. The molecular weight excluding hydrogens is 550 g/mol. The van der Waals surface area contributed by atoms with Gasteiger partial charge in [-0.1, -0.05) is 84.9 Å². The molecule has 0 amide bonds. The highest BCUT2D eigenvalue weighted by atomic mass is 16.3. The Morgan fingerprint density at radius 3 is 1.93 bits per heavy atom. The third kappa shape index (κ3) is 4.19. The highest BCUT2D eigenvalue weighted by Crippen LogP contribution is 2.41. The smallest absolute Gasteiger partial charge is 0.227 e. The first kappa shape index (κ1) is 25.4. The minimum absolute atomic E-state index is 0.634. The van der Waals surface area contributed by atoms with Crippen LogP contribution in [-0.2, 0) is 0 Å². The Kier molecular flexibility index (Phi) is 5.78. The summed E-state index contributed by atoms with van der Waals surface area (Å²) >= 11 is 0. The fourth-order valence-corrected chi connectivity index (χ4v) is 6.53. The molecular formula is C41H27N3O. The van der Waals surface area contributed by atoms with Crippen molar-refractivity contribution in [2.24, 2.45) is 0 Å². The number of hydrogen-bond acceptors (Lipinski definition) is 3. The van der Waals surface area contributed by atoms with E-state index in [1.807, 2.05) is 36.4 Å². The molecule has 7 aromatic carbocycles. The molecule has 0 saturated carbocycles. The summed E-state index contributed by atoms with van der Waals surface area (Å²) in [5.41, 5.74) is 9.38. The molecule has 0 spiro atoms. The van der Waals surface area contributed by atoms with E-state index in [0.29, 0.717) is 5.89 Å². The Hall–Kier alpha value is -6.13. The molecule has 212 valence electrons. The fraction of sp³-hybridized carbons (Fsp3) is 0. The van der Waals surface area contributed by atoms with E-state index in [1.165, 1.54) is 21.8 Å². The Morgan fingerprint density at radius 1 is 0.489 bits per heavy atom. The monoisotopic (exact) mass is 577 g/mol. The van der Waals surface area contributed by atoms with Crippen molar-refractivity contribution in [2.45, 2.75) is 0 Å². The van der Waals surface area contributed by atoms with Crippen LogP contribution in [0.1, 0.15) is 0 Å². The molecule has 0 aliphatic carbocycles. The number of anilines is 3. The lowest BCUT2D eigenvalue weighted by molar-refractivity contribution is 0.620. The molecule has 2 aromatic heterocycles. The maximum Gasteiger partial charge on any atom is 0.227 e. The van der Waals surface area contributed by atoms with E-state index in [-0.39, 0.29) is 0 Å². The second-order valence-corrected chi connectivity index (χ2v) is 11.3. The summed E-state index contributed by atoms with van der Waals surface area (Å²) in [5.74, 6) is 0.634. The summed E-state index contributed by atoms with van der Waals surface area (Å²) in [5, 5.41) is 4.64. The predicted octanol–water partition coefficient (Wildman–Crippen LogP) is 11.2. The number of para-hydroxylation sites is 3. The Morgan fingerprint density at radius 2 is 1.13 bits per heavy atom. The predicted molar refractivity (Wildman–Crippen MR) is 186 cm³/mol. The van der Waals surface area contributed by atoms with Crippen molar-refractivity contribution in [3.05, 3.63) is 164 Å². The molecule has 0 bridgehead atoms. The molecule has 4 heteroatoms. The lowest BCUT2D eigenvalue weighted by Gasteiger charge is -2.26. The van der Waals surface area contributed by atoms with Crippen molar-refractivity contribution in [3.63, 3.8) is 0 Å². The van der Waals surface area contributed by atoms with Crippen LogP contribution >= 0.6 is 0 Å². The van der Waals surface area contributed by atoms with Crippen LogP contribution in [0.3, 0.4) is 0 Å². The molecule has 0 aliphatic rings. The van der Waals surface area contributed by atoms with Gasteiger partial charge in [-0.25, -0.2) is 4.98 Å².